The maximum atomic E-state index is 14.3. The number of esters is 1. The number of hydrogen-bond acceptors (Lipinski definition) is 7. The molecule has 1 amide bonds. The molecule has 220 valence electrons. The standard InChI is InChI=1S/C30H30F3N5O4/c1-18-17-36(25(29(40)42-4)21-8-6-5-7-9-21)14-15-37(18)28(39)23-16-34-38-26(30(31,32)33)19(2)24(35-27(23)38)20-10-12-22(41-3)13-11-20/h5-13,16,18,25H,14-15,17H2,1-4H3/t18-,25+/m1/s1. The molecule has 1 aliphatic rings. The van der Waals surface area contributed by atoms with Gasteiger partial charge in [0.15, 0.2) is 11.3 Å². The van der Waals surface area contributed by atoms with Crippen LogP contribution in [0.3, 0.4) is 0 Å². The van der Waals surface area contributed by atoms with Gasteiger partial charge in [0.2, 0.25) is 0 Å². The van der Waals surface area contributed by atoms with Crippen molar-refractivity contribution in [3.05, 3.63) is 83.2 Å². The van der Waals surface area contributed by atoms with Crippen molar-refractivity contribution in [3.8, 4) is 17.0 Å². The lowest BCUT2D eigenvalue weighted by Gasteiger charge is -2.42. The summed E-state index contributed by atoms with van der Waals surface area (Å²) in [6.45, 7) is 4.10. The highest BCUT2D eigenvalue weighted by Crippen LogP contribution is 2.37. The highest BCUT2D eigenvalue weighted by atomic mass is 19.4. The smallest absolute Gasteiger partial charge is 0.433 e. The summed E-state index contributed by atoms with van der Waals surface area (Å²) in [6, 6.07) is 14.7. The minimum Gasteiger partial charge on any atom is -0.497 e. The number of carbonyl (C=O) groups excluding carboxylic acids is 2. The zero-order chi connectivity index (χ0) is 30.2. The molecule has 0 aliphatic carbocycles. The Morgan fingerprint density at radius 2 is 1.71 bits per heavy atom. The van der Waals surface area contributed by atoms with Crippen LogP contribution in [-0.4, -0.2) is 76.2 Å². The van der Waals surface area contributed by atoms with Crippen LogP contribution in [-0.2, 0) is 15.7 Å². The second kappa shape index (κ2) is 11.4. The second-order valence-corrected chi connectivity index (χ2v) is 10.1. The van der Waals surface area contributed by atoms with E-state index in [9.17, 15) is 22.8 Å². The van der Waals surface area contributed by atoms with Gasteiger partial charge in [-0.2, -0.15) is 18.3 Å². The summed E-state index contributed by atoms with van der Waals surface area (Å²) in [7, 11) is 2.82. The van der Waals surface area contributed by atoms with Gasteiger partial charge in [-0.15, -0.1) is 0 Å². The first-order valence-electron chi connectivity index (χ1n) is 13.3. The summed E-state index contributed by atoms with van der Waals surface area (Å²) in [6.07, 6.45) is -3.62. The topological polar surface area (TPSA) is 89.3 Å². The first-order valence-corrected chi connectivity index (χ1v) is 13.3. The van der Waals surface area contributed by atoms with E-state index < -0.39 is 29.8 Å². The minimum atomic E-state index is -4.75. The fourth-order valence-corrected chi connectivity index (χ4v) is 5.51. The monoisotopic (exact) mass is 581 g/mol. The highest BCUT2D eigenvalue weighted by Gasteiger charge is 2.40. The van der Waals surface area contributed by atoms with Gasteiger partial charge in [0.1, 0.15) is 17.4 Å². The van der Waals surface area contributed by atoms with Gasteiger partial charge in [0.25, 0.3) is 5.91 Å². The number of aromatic nitrogens is 3. The Labute approximate surface area is 240 Å². The van der Waals surface area contributed by atoms with Gasteiger partial charge >= 0.3 is 12.1 Å². The predicted molar refractivity (Wildman–Crippen MR) is 148 cm³/mol. The Kier molecular flexibility index (Phi) is 7.91. The summed E-state index contributed by atoms with van der Waals surface area (Å²) in [5.41, 5.74) is -0.0353. The minimum absolute atomic E-state index is 0.0388. The Morgan fingerprint density at radius 3 is 2.31 bits per heavy atom. The highest BCUT2D eigenvalue weighted by molar-refractivity contribution is 6.00. The number of hydrogen-bond donors (Lipinski definition) is 0. The van der Waals surface area contributed by atoms with E-state index in [4.69, 9.17) is 9.47 Å². The van der Waals surface area contributed by atoms with E-state index in [0.717, 1.165) is 11.8 Å². The number of amides is 1. The summed E-state index contributed by atoms with van der Waals surface area (Å²) in [5.74, 6) is -0.360. The quantitative estimate of drug-likeness (QED) is 0.303. The molecule has 0 radical (unpaired) electrons. The molecule has 0 saturated carbocycles. The van der Waals surface area contributed by atoms with Crippen molar-refractivity contribution in [1.29, 1.82) is 0 Å². The largest absolute Gasteiger partial charge is 0.497 e. The van der Waals surface area contributed by atoms with Crippen molar-refractivity contribution in [2.24, 2.45) is 0 Å². The Morgan fingerprint density at radius 1 is 1.02 bits per heavy atom. The summed E-state index contributed by atoms with van der Waals surface area (Å²) in [5, 5.41) is 3.96. The molecule has 0 unspecified atom stereocenters. The molecule has 1 fully saturated rings. The number of nitrogens with zero attached hydrogens (tertiary/aromatic N) is 5. The van der Waals surface area contributed by atoms with Crippen molar-refractivity contribution >= 4 is 17.5 Å². The predicted octanol–water partition coefficient (Wildman–Crippen LogP) is 4.79. The van der Waals surface area contributed by atoms with Crippen LogP contribution >= 0.6 is 0 Å². The Balaban J connectivity index is 1.50. The molecule has 0 N–H and O–H groups in total. The lowest BCUT2D eigenvalue weighted by Crippen LogP contribution is -2.55. The summed E-state index contributed by atoms with van der Waals surface area (Å²) in [4.78, 5) is 34.6. The first kappa shape index (κ1) is 29.1. The number of carbonyl (C=O) groups is 2. The zero-order valence-corrected chi connectivity index (χ0v) is 23.6. The molecule has 1 aliphatic heterocycles. The van der Waals surface area contributed by atoms with Crippen LogP contribution in [0, 0.1) is 6.92 Å². The molecule has 1 saturated heterocycles. The van der Waals surface area contributed by atoms with Crippen LogP contribution in [0.2, 0.25) is 0 Å². The van der Waals surface area contributed by atoms with E-state index in [-0.39, 0.29) is 35.1 Å². The van der Waals surface area contributed by atoms with Crippen molar-refractivity contribution in [2.75, 3.05) is 33.9 Å². The van der Waals surface area contributed by atoms with Crippen LogP contribution in [0.5, 0.6) is 5.75 Å². The fraction of sp³-hybridized carbons (Fsp3) is 0.333. The van der Waals surface area contributed by atoms with E-state index in [1.165, 1.54) is 21.1 Å². The molecule has 12 heteroatoms. The van der Waals surface area contributed by atoms with Crippen molar-refractivity contribution in [3.63, 3.8) is 0 Å². The molecule has 2 aromatic carbocycles. The van der Waals surface area contributed by atoms with Gasteiger partial charge in [-0.1, -0.05) is 30.3 Å². The zero-order valence-electron chi connectivity index (χ0n) is 23.6. The molecule has 2 aromatic heterocycles. The number of alkyl halides is 3. The van der Waals surface area contributed by atoms with E-state index in [2.05, 4.69) is 10.1 Å². The Hall–Kier alpha value is -4.45. The van der Waals surface area contributed by atoms with Gasteiger partial charge in [-0.25, -0.2) is 14.3 Å². The van der Waals surface area contributed by atoms with Crippen LogP contribution in [0.25, 0.3) is 16.9 Å². The van der Waals surface area contributed by atoms with Crippen molar-refractivity contribution in [1.82, 2.24) is 24.4 Å². The van der Waals surface area contributed by atoms with Crippen molar-refractivity contribution < 1.29 is 32.2 Å². The van der Waals surface area contributed by atoms with Gasteiger partial charge in [0.05, 0.1) is 26.1 Å². The molecule has 5 rings (SSSR count). The van der Waals surface area contributed by atoms with Crippen LogP contribution in [0.15, 0.2) is 60.8 Å². The third kappa shape index (κ3) is 5.29. The Bertz CT molecular complexity index is 1610. The van der Waals surface area contributed by atoms with Crippen LogP contribution < -0.4 is 4.74 Å². The third-order valence-electron chi connectivity index (χ3n) is 7.57. The molecular formula is C30H30F3N5O4. The molecule has 9 nitrogen and oxygen atoms in total. The molecule has 0 bridgehead atoms. The van der Waals surface area contributed by atoms with Gasteiger partial charge in [-0.05, 0) is 43.7 Å². The van der Waals surface area contributed by atoms with E-state index >= 15 is 0 Å². The fourth-order valence-electron chi connectivity index (χ4n) is 5.51. The number of methoxy groups -OCH3 is 2. The van der Waals surface area contributed by atoms with Crippen molar-refractivity contribution in [2.45, 2.75) is 32.1 Å². The van der Waals surface area contributed by atoms with Crippen LogP contribution in [0.4, 0.5) is 13.2 Å². The number of benzene rings is 2. The number of piperazine rings is 1. The average molecular weight is 582 g/mol. The average Bonchev–Trinajstić information content (AvgIpc) is 3.39. The molecular weight excluding hydrogens is 551 g/mol. The number of halogens is 3. The van der Waals surface area contributed by atoms with Gasteiger partial charge < -0.3 is 14.4 Å². The second-order valence-electron chi connectivity index (χ2n) is 10.1. The van der Waals surface area contributed by atoms with E-state index in [1.807, 2.05) is 42.2 Å². The number of rotatable bonds is 6. The molecule has 0 spiro atoms. The molecule has 3 heterocycles. The van der Waals surface area contributed by atoms with E-state index in [1.54, 1.807) is 29.2 Å². The van der Waals surface area contributed by atoms with Crippen LogP contribution in [0.1, 0.15) is 40.1 Å². The number of ether oxygens (including phenoxy) is 2. The number of fused-ring (bicyclic) bond motifs is 1. The van der Waals surface area contributed by atoms with Gasteiger partial charge in [-0.3, -0.25) is 9.69 Å². The lowest BCUT2D eigenvalue weighted by molar-refractivity contribution is -0.148. The summed E-state index contributed by atoms with van der Waals surface area (Å²) < 4.78 is 53.9. The lowest BCUT2D eigenvalue weighted by atomic mass is 10.0. The van der Waals surface area contributed by atoms with E-state index in [0.29, 0.717) is 28.9 Å². The first-order chi connectivity index (χ1) is 20.0. The maximum Gasteiger partial charge on any atom is 0.433 e. The van der Waals surface area contributed by atoms with Gasteiger partial charge in [0, 0.05) is 36.8 Å². The SMILES string of the molecule is COC(=O)[C@H](c1ccccc1)N1CCN(C(=O)c2cnn3c(C(F)(F)F)c(C)c(-c4ccc(OC)cc4)nc23)[C@H](C)C1. The molecule has 4 aromatic rings. The maximum absolute atomic E-state index is 14.3. The molecule has 2 atom stereocenters. The summed E-state index contributed by atoms with van der Waals surface area (Å²) >= 11 is 0. The molecule has 42 heavy (non-hydrogen) atoms. The third-order valence-corrected chi connectivity index (χ3v) is 7.57. The normalized spacial score (nSPS) is 16.8.